The molecule has 0 aliphatic carbocycles. The number of benzene rings is 2. The third-order valence-electron chi connectivity index (χ3n) is 3.06. The highest BCUT2D eigenvalue weighted by Crippen LogP contribution is 2.28. The first-order valence-electron chi connectivity index (χ1n) is 7.23. The van der Waals surface area contributed by atoms with Gasteiger partial charge < -0.3 is 14.9 Å². The third-order valence-corrected chi connectivity index (χ3v) is 3.33. The van der Waals surface area contributed by atoms with Crippen LogP contribution in [0.2, 0.25) is 0 Å². The van der Waals surface area contributed by atoms with Gasteiger partial charge in [-0.25, -0.2) is 5.43 Å². The molecule has 0 spiro atoms. The summed E-state index contributed by atoms with van der Waals surface area (Å²) in [5.41, 5.74) is 8.46. The van der Waals surface area contributed by atoms with E-state index in [1.807, 2.05) is 48.5 Å². The van der Waals surface area contributed by atoms with Gasteiger partial charge in [0.25, 0.3) is 0 Å². The topological polar surface area (TPSA) is 42.5 Å². The second-order valence-electron chi connectivity index (χ2n) is 4.72. The number of ether oxygens (including phenoxy) is 2. The Balaban J connectivity index is 1.91. The van der Waals surface area contributed by atoms with E-state index in [4.69, 9.17) is 21.1 Å². The Morgan fingerprint density at radius 2 is 1.86 bits per heavy atom. The molecule has 0 aromatic heterocycles. The van der Waals surface area contributed by atoms with Crippen molar-refractivity contribution in [1.29, 1.82) is 0 Å². The zero-order valence-electron chi connectivity index (χ0n) is 12.6. The number of rotatable bonds is 9. The van der Waals surface area contributed by atoms with Crippen LogP contribution >= 0.6 is 11.6 Å². The monoisotopic (exact) mass is 320 g/mol. The number of alkyl halides is 1. The van der Waals surface area contributed by atoms with Gasteiger partial charge in [-0.1, -0.05) is 24.3 Å². The average molecular weight is 321 g/mol. The zero-order chi connectivity index (χ0) is 15.6. The van der Waals surface area contributed by atoms with Gasteiger partial charge in [0, 0.05) is 18.1 Å². The summed E-state index contributed by atoms with van der Waals surface area (Å²) < 4.78 is 11.0. The Bertz CT molecular complexity index is 564. The third kappa shape index (κ3) is 5.13. The highest BCUT2D eigenvalue weighted by atomic mass is 35.5. The van der Waals surface area contributed by atoms with Gasteiger partial charge in [0.2, 0.25) is 0 Å². The SMILES string of the molecule is COc1ccc(CNNc2ccccc2)cc1OCCCCl. The molecule has 0 bridgehead atoms. The van der Waals surface area contributed by atoms with E-state index in [1.165, 1.54) is 0 Å². The van der Waals surface area contributed by atoms with Gasteiger partial charge in [-0.05, 0) is 36.2 Å². The van der Waals surface area contributed by atoms with E-state index in [0.717, 1.165) is 29.2 Å². The summed E-state index contributed by atoms with van der Waals surface area (Å²) in [5, 5.41) is 0. The van der Waals surface area contributed by atoms with Crippen LogP contribution in [-0.4, -0.2) is 19.6 Å². The Labute approximate surface area is 136 Å². The van der Waals surface area contributed by atoms with Gasteiger partial charge in [-0.2, -0.15) is 0 Å². The van der Waals surface area contributed by atoms with E-state index in [0.29, 0.717) is 19.0 Å². The van der Waals surface area contributed by atoms with Crippen molar-refractivity contribution in [1.82, 2.24) is 5.43 Å². The molecule has 0 unspecified atom stereocenters. The van der Waals surface area contributed by atoms with E-state index in [2.05, 4.69) is 10.9 Å². The summed E-state index contributed by atoms with van der Waals surface area (Å²) in [5.74, 6) is 2.06. The minimum Gasteiger partial charge on any atom is -0.493 e. The number of anilines is 1. The van der Waals surface area contributed by atoms with E-state index in [-0.39, 0.29) is 0 Å². The molecule has 0 fully saturated rings. The summed E-state index contributed by atoms with van der Waals surface area (Å²) in [6.07, 6.45) is 0.808. The minimum atomic E-state index is 0.582. The highest BCUT2D eigenvalue weighted by Gasteiger charge is 2.05. The molecule has 0 heterocycles. The number of hydrogen-bond donors (Lipinski definition) is 2. The molecular formula is C17H21ClN2O2. The van der Waals surface area contributed by atoms with Crippen molar-refractivity contribution in [3.8, 4) is 11.5 Å². The summed E-state index contributed by atoms with van der Waals surface area (Å²) in [6.45, 7) is 1.25. The van der Waals surface area contributed by atoms with Crippen LogP contribution in [0.1, 0.15) is 12.0 Å². The molecule has 2 N–H and O–H groups in total. The van der Waals surface area contributed by atoms with E-state index in [1.54, 1.807) is 7.11 Å². The first-order valence-corrected chi connectivity index (χ1v) is 7.76. The van der Waals surface area contributed by atoms with Crippen LogP contribution in [0.5, 0.6) is 11.5 Å². The first kappa shape index (κ1) is 16.5. The van der Waals surface area contributed by atoms with Crippen LogP contribution in [0, 0.1) is 0 Å². The second-order valence-corrected chi connectivity index (χ2v) is 5.10. The molecule has 0 saturated carbocycles. The molecule has 5 heteroatoms. The Morgan fingerprint density at radius 3 is 2.59 bits per heavy atom. The molecular weight excluding hydrogens is 300 g/mol. The van der Waals surface area contributed by atoms with Gasteiger partial charge in [-0.3, -0.25) is 0 Å². The Hall–Kier alpha value is -1.91. The molecule has 2 aromatic carbocycles. The van der Waals surface area contributed by atoms with Gasteiger partial charge in [0.15, 0.2) is 11.5 Å². The summed E-state index contributed by atoms with van der Waals surface area (Å²) >= 11 is 5.67. The Kier molecular flexibility index (Phi) is 6.87. The fourth-order valence-electron chi connectivity index (χ4n) is 1.95. The second kappa shape index (κ2) is 9.18. The molecule has 118 valence electrons. The van der Waals surface area contributed by atoms with Gasteiger partial charge in [0.05, 0.1) is 13.7 Å². The van der Waals surface area contributed by atoms with Crippen molar-refractivity contribution >= 4 is 17.3 Å². The molecule has 2 rings (SSSR count). The van der Waals surface area contributed by atoms with Crippen LogP contribution in [-0.2, 0) is 6.54 Å². The first-order chi connectivity index (χ1) is 10.8. The van der Waals surface area contributed by atoms with Crippen molar-refractivity contribution < 1.29 is 9.47 Å². The van der Waals surface area contributed by atoms with Crippen LogP contribution in [0.3, 0.4) is 0 Å². The fourth-order valence-corrected chi connectivity index (χ4v) is 2.06. The standard InChI is InChI=1S/C17H21ClN2O2/c1-21-16-9-8-14(12-17(16)22-11-5-10-18)13-19-20-15-6-3-2-4-7-15/h2-4,6-9,12,19-20H,5,10-11,13H2,1H3. The summed E-state index contributed by atoms with van der Waals surface area (Å²) in [4.78, 5) is 0. The van der Waals surface area contributed by atoms with Crippen LogP contribution in [0.15, 0.2) is 48.5 Å². The molecule has 0 radical (unpaired) electrons. The minimum absolute atomic E-state index is 0.582. The lowest BCUT2D eigenvalue weighted by Crippen LogP contribution is -2.20. The van der Waals surface area contributed by atoms with E-state index < -0.39 is 0 Å². The summed E-state index contributed by atoms with van der Waals surface area (Å²) in [6, 6.07) is 15.9. The number of nitrogens with one attached hydrogen (secondary N) is 2. The normalized spacial score (nSPS) is 10.3. The molecule has 4 nitrogen and oxygen atoms in total. The number of hydrazine groups is 1. The average Bonchev–Trinajstić information content (AvgIpc) is 2.56. The van der Waals surface area contributed by atoms with Gasteiger partial charge >= 0.3 is 0 Å². The van der Waals surface area contributed by atoms with Crippen molar-refractivity contribution in [3.05, 3.63) is 54.1 Å². The molecule has 0 amide bonds. The maximum Gasteiger partial charge on any atom is 0.161 e. The lowest BCUT2D eigenvalue weighted by Gasteiger charge is -2.13. The molecule has 22 heavy (non-hydrogen) atoms. The Morgan fingerprint density at radius 1 is 1.05 bits per heavy atom. The van der Waals surface area contributed by atoms with Crippen molar-refractivity contribution in [2.45, 2.75) is 13.0 Å². The van der Waals surface area contributed by atoms with Crippen molar-refractivity contribution in [3.63, 3.8) is 0 Å². The number of methoxy groups -OCH3 is 1. The molecule has 0 aliphatic heterocycles. The van der Waals surface area contributed by atoms with Crippen LogP contribution in [0.25, 0.3) is 0 Å². The van der Waals surface area contributed by atoms with Gasteiger partial charge in [0.1, 0.15) is 0 Å². The highest BCUT2D eigenvalue weighted by molar-refractivity contribution is 6.17. The number of halogens is 1. The fraction of sp³-hybridized carbons (Fsp3) is 0.294. The largest absolute Gasteiger partial charge is 0.493 e. The maximum atomic E-state index is 5.72. The number of hydrogen-bond acceptors (Lipinski definition) is 4. The predicted octanol–water partition coefficient (Wildman–Crippen LogP) is 3.82. The molecule has 2 aromatic rings. The van der Waals surface area contributed by atoms with Crippen molar-refractivity contribution in [2.75, 3.05) is 25.0 Å². The zero-order valence-corrected chi connectivity index (χ0v) is 13.4. The van der Waals surface area contributed by atoms with Crippen LogP contribution < -0.4 is 20.3 Å². The quantitative estimate of drug-likeness (QED) is 0.419. The molecule has 0 saturated heterocycles. The van der Waals surface area contributed by atoms with E-state index in [9.17, 15) is 0 Å². The lowest BCUT2D eigenvalue weighted by atomic mass is 10.2. The summed E-state index contributed by atoms with van der Waals surface area (Å²) in [7, 11) is 1.64. The van der Waals surface area contributed by atoms with Crippen LogP contribution in [0.4, 0.5) is 5.69 Å². The molecule has 0 atom stereocenters. The smallest absolute Gasteiger partial charge is 0.161 e. The maximum absolute atomic E-state index is 5.72. The number of para-hydroxylation sites is 1. The van der Waals surface area contributed by atoms with Gasteiger partial charge in [-0.15, -0.1) is 11.6 Å². The van der Waals surface area contributed by atoms with Crippen molar-refractivity contribution in [2.24, 2.45) is 0 Å². The predicted molar refractivity (Wildman–Crippen MR) is 90.7 cm³/mol. The van der Waals surface area contributed by atoms with E-state index >= 15 is 0 Å². The lowest BCUT2D eigenvalue weighted by molar-refractivity contribution is 0.294. The molecule has 0 aliphatic rings.